The molecular formula is C26H27NO4. The number of aliphatic hydroxyl groups excluding tert-OH is 1. The molecule has 1 atom stereocenters. The largest absolute Gasteiger partial charge is 0.491 e. The molecule has 0 bridgehead atoms. The Morgan fingerprint density at radius 2 is 1.77 bits per heavy atom. The third-order valence-electron chi connectivity index (χ3n) is 4.57. The van der Waals surface area contributed by atoms with Crippen molar-refractivity contribution >= 4 is 12.0 Å². The van der Waals surface area contributed by atoms with Crippen molar-refractivity contribution in [2.24, 2.45) is 0 Å². The lowest BCUT2D eigenvalue weighted by atomic mass is 10.2. The number of hydrogen-bond acceptors (Lipinski definition) is 4. The summed E-state index contributed by atoms with van der Waals surface area (Å²) in [5, 5.41) is 12.7. The van der Waals surface area contributed by atoms with Gasteiger partial charge in [0.2, 0.25) is 5.91 Å². The molecule has 1 amide bonds. The molecule has 0 saturated carbocycles. The van der Waals surface area contributed by atoms with Crippen molar-refractivity contribution in [3.63, 3.8) is 0 Å². The molecule has 5 heteroatoms. The van der Waals surface area contributed by atoms with Crippen LogP contribution in [0.2, 0.25) is 0 Å². The van der Waals surface area contributed by atoms with Crippen LogP contribution in [0, 0.1) is 6.92 Å². The predicted octanol–water partition coefficient (Wildman–Crippen LogP) is 4.14. The van der Waals surface area contributed by atoms with Crippen LogP contribution in [0.1, 0.15) is 16.7 Å². The number of benzene rings is 3. The number of aliphatic hydroxyl groups is 1. The molecule has 0 radical (unpaired) electrons. The lowest BCUT2D eigenvalue weighted by Crippen LogP contribution is -2.34. The Morgan fingerprint density at radius 3 is 2.58 bits per heavy atom. The van der Waals surface area contributed by atoms with Gasteiger partial charge in [0.15, 0.2) is 0 Å². The average Bonchev–Trinajstić information content (AvgIpc) is 2.80. The predicted molar refractivity (Wildman–Crippen MR) is 122 cm³/mol. The number of ether oxygens (including phenoxy) is 2. The second-order valence-corrected chi connectivity index (χ2v) is 7.16. The van der Waals surface area contributed by atoms with Gasteiger partial charge in [-0.05, 0) is 47.9 Å². The SMILES string of the molecule is Cc1ccccc1OCC(O)CNC(=O)/C=C/c1cccc(OCc2ccccc2)c1. The van der Waals surface area contributed by atoms with Gasteiger partial charge < -0.3 is 19.9 Å². The molecule has 3 aromatic carbocycles. The average molecular weight is 418 g/mol. The minimum absolute atomic E-state index is 0.106. The van der Waals surface area contributed by atoms with Crippen LogP contribution in [0.3, 0.4) is 0 Å². The molecule has 0 saturated heterocycles. The van der Waals surface area contributed by atoms with Crippen LogP contribution in [-0.4, -0.2) is 30.3 Å². The molecule has 3 rings (SSSR count). The normalized spacial score (nSPS) is 11.8. The summed E-state index contributed by atoms with van der Waals surface area (Å²) >= 11 is 0. The van der Waals surface area contributed by atoms with E-state index >= 15 is 0 Å². The second kappa shape index (κ2) is 11.6. The van der Waals surface area contributed by atoms with E-state index in [1.165, 1.54) is 6.08 Å². The number of amides is 1. The molecule has 0 aliphatic carbocycles. The zero-order chi connectivity index (χ0) is 21.9. The Balaban J connectivity index is 1.42. The molecule has 5 nitrogen and oxygen atoms in total. The van der Waals surface area contributed by atoms with E-state index in [0.717, 1.165) is 28.2 Å². The minimum Gasteiger partial charge on any atom is -0.491 e. The molecule has 3 aromatic rings. The first-order valence-corrected chi connectivity index (χ1v) is 10.2. The van der Waals surface area contributed by atoms with E-state index in [-0.39, 0.29) is 19.1 Å². The lowest BCUT2D eigenvalue weighted by molar-refractivity contribution is -0.117. The highest BCUT2D eigenvalue weighted by Gasteiger charge is 2.07. The van der Waals surface area contributed by atoms with E-state index in [1.54, 1.807) is 6.08 Å². The molecular weight excluding hydrogens is 390 g/mol. The fraction of sp³-hybridized carbons (Fsp3) is 0.192. The number of aryl methyl sites for hydroxylation is 1. The summed E-state index contributed by atoms with van der Waals surface area (Å²) in [6, 6.07) is 25.1. The van der Waals surface area contributed by atoms with Gasteiger partial charge in [0, 0.05) is 12.6 Å². The first-order chi connectivity index (χ1) is 15.1. The third-order valence-corrected chi connectivity index (χ3v) is 4.57. The number of rotatable bonds is 10. The van der Waals surface area contributed by atoms with Gasteiger partial charge in [0.25, 0.3) is 0 Å². The lowest BCUT2D eigenvalue weighted by Gasteiger charge is -2.14. The third kappa shape index (κ3) is 7.64. The molecule has 1 unspecified atom stereocenters. The van der Waals surface area contributed by atoms with Gasteiger partial charge in [-0.1, -0.05) is 60.7 Å². The summed E-state index contributed by atoms with van der Waals surface area (Å²) in [5.74, 6) is 1.17. The number of carbonyl (C=O) groups excluding carboxylic acids is 1. The molecule has 0 heterocycles. The molecule has 31 heavy (non-hydrogen) atoms. The zero-order valence-corrected chi connectivity index (χ0v) is 17.5. The Bertz CT molecular complexity index is 1000. The smallest absolute Gasteiger partial charge is 0.244 e. The van der Waals surface area contributed by atoms with Crippen LogP contribution in [0.25, 0.3) is 6.08 Å². The first-order valence-electron chi connectivity index (χ1n) is 10.2. The maximum atomic E-state index is 12.1. The minimum atomic E-state index is -0.799. The van der Waals surface area contributed by atoms with Crippen LogP contribution < -0.4 is 14.8 Å². The van der Waals surface area contributed by atoms with E-state index in [1.807, 2.05) is 85.8 Å². The van der Waals surface area contributed by atoms with Crippen LogP contribution in [0.5, 0.6) is 11.5 Å². The standard InChI is InChI=1S/C26H27NO4/c1-20-8-5-6-13-25(20)31-19-23(28)17-27-26(29)15-14-21-11-7-12-24(16-21)30-18-22-9-3-2-4-10-22/h2-16,23,28H,17-19H2,1H3,(H,27,29)/b15-14+. The van der Waals surface area contributed by atoms with E-state index in [0.29, 0.717) is 6.61 Å². The maximum absolute atomic E-state index is 12.1. The van der Waals surface area contributed by atoms with Crippen LogP contribution in [0.15, 0.2) is 84.9 Å². The molecule has 0 aliphatic heterocycles. The van der Waals surface area contributed by atoms with Crippen molar-refractivity contribution in [1.29, 1.82) is 0 Å². The van der Waals surface area contributed by atoms with Crippen molar-refractivity contribution in [3.05, 3.63) is 102 Å². The van der Waals surface area contributed by atoms with Crippen molar-refractivity contribution in [2.45, 2.75) is 19.6 Å². The van der Waals surface area contributed by atoms with Gasteiger partial charge >= 0.3 is 0 Å². The van der Waals surface area contributed by atoms with E-state index in [4.69, 9.17) is 9.47 Å². The molecule has 0 fully saturated rings. The number of para-hydroxylation sites is 1. The molecule has 0 aliphatic rings. The van der Waals surface area contributed by atoms with Gasteiger partial charge in [-0.15, -0.1) is 0 Å². The van der Waals surface area contributed by atoms with Crippen molar-refractivity contribution in [2.75, 3.05) is 13.2 Å². The van der Waals surface area contributed by atoms with Gasteiger partial charge in [-0.2, -0.15) is 0 Å². The van der Waals surface area contributed by atoms with Crippen LogP contribution in [0.4, 0.5) is 0 Å². The van der Waals surface area contributed by atoms with E-state index in [9.17, 15) is 9.90 Å². The Morgan fingerprint density at radius 1 is 1.00 bits per heavy atom. The van der Waals surface area contributed by atoms with Gasteiger partial charge in [0.1, 0.15) is 30.8 Å². The van der Waals surface area contributed by atoms with E-state index < -0.39 is 6.10 Å². The molecule has 160 valence electrons. The Kier molecular flexibility index (Phi) is 8.26. The highest BCUT2D eigenvalue weighted by Crippen LogP contribution is 2.17. The van der Waals surface area contributed by atoms with Gasteiger partial charge in [-0.25, -0.2) is 0 Å². The summed E-state index contributed by atoms with van der Waals surface area (Å²) < 4.78 is 11.4. The number of nitrogens with one attached hydrogen (secondary N) is 1. The molecule has 2 N–H and O–H groups in total. The molecule has 0 aromatic heterocycles. The van der Waals surface area contributed by atoms with Crippen molar-refractivity contribution in [1.82, 2.24) is 5.32 Å². The summed E-state index contributed by atoms with van der Waals surface area (Å²) in [6.07, 6.45) is 2.35. The summed E-state index contributed by atoms with van der Waals surface area (Å²) in [4.78, 5) is 12.1. The van der Waals surface area contributed by atoms with Crippen molar-refractivity contribution < 1.29 is 19.4 Å². The highest BCUT2D eigenvalue weighted by atomic mass is 16.5. The Labute approximate surface area is 183 Å². The quantitative estimate of drug-likeness (QED) is 0.487. The highest BCUT2D eigenvalue weighted by molar-refractivity contribution is 5.91. The summed E-state index contributed by atoms with van der Waals surface area (Å²) in [5.41, 5.74) is 2.94. The van der Waals surface area contributed by atoms with Crippen LogP contribution >= 0.6 is 0 Å². The summed E-state index contributed by atoms with van der Waals surface area (Å²) in [7, 11) is 0. The fourth-order valence-electron chi connectivity index (χ4n) is 2.86. The summed E-state index contributed by atoms with van der Waals surface area (Å²) in [6.45, 7) is 2.64. The van der Waals surface area contributed by atoms with Crippen LogP contribution in [-0.2, 0) is 11.4 Å². The first kappa shape index (κ1) is 22.1. The number of hydrogen-bond donors (Lipinski definition) is 2. The maximum Gasteiger partial charge on any atom is 0.244 e. The van der Waals surface area contributed by atoms with E-state index in [2.05, 4.69) is 5.32 Å². The monoisotopic (exact) mass is 417 g/mol. The van der Waals surface area contributed by atoms with Gasteiger partial charge in [0.05, 0.1) is 0 Å². The topological polar surface area (TPSA) is 67.8 Å². The Hall–Kier alpha value is -3.57. The second-order valence-electron chi connectivity index (χ2n) is 7.16. The van der Waals surface area contributed by atoms with Gasteiger partial charge in [-0.3, -0.25) is 4.79 Å². The fourth-order valence-corrected chi connectivity index (χ4v) is 2.86. The van der Waals surface area contributed by atoms with Crippen molar-refractivity contribution in [3.8, 4) is 11.5 Å². The zero-order valence-electron chi connectivity index (χ0n) is 17.5. The molecule has 0 spiro atoms. The number of carbonyl (C=O) groups is 1.